The third kappa shape index (κ3) is 2.58. The van der Waals surface area contributed by atoms with Crippen molar-refractivity contribution in [3.63, 3.8) is 0 Å². The summed E-state index contributed by atoms with van der Waals surface area (Å²) in [6.45, 7) is 5.43. The zero-order chi connectivity index (χ0) is 20.0. The lowest BCUT2D eigenvalue weighted by molar-refractivity contribution is -0.125. The molecule has 5 heteroatoms. The maximum Gasteiger partial charge on any atom is 0.254 e. The third-order valence-corrected chi connectivity index (χ3v) is 6.03. The SMILES string of the molecule is Cc1noc(C)c1-c1ccc2c(c1)C(c1ccccc1)(N1CC=CCC1)C(=O)N2. The molecule has 1 unspecified atom stereocenters. The lowest BCUT2D eigenvalue weighted by atomic mass is 9.80. The first kappa shape index (κ1) is 17.9. The van der Waals surface area contributed by atoms with Crippen LogP contribution in [0.4, 0.5) is 5.69 Å². The summed E-state index contributed by atoms with van der Waals surface area (Å²) < 4.78 is 5.39. The van der Waals surface area contributed by atoms with Gasteiger partial charge in [0.1, 0.15) is 5.76 Å². The van der Waals surface area contributed by atoms with Crippen molar-refractivity contribution in [1.29, 1.82) is 0 Å². The van der Waals surface area contributed by atoms with Gasteiger partial charge in [0, 0.05) is 29.9 Å². The lowest BCUT2D eigenvalue weighted by Crippen LogP contribution is -2.53. The van der Waals surface area contributed by atoms with E-state index >= 15 is 0 Å². The number of rotatable bonds is 3. The van der Waals surface area contributed by atoms with Crippen LogP contribution < -0.4 is 5.32 Å². The van der Waals surface area contributed by atoms with Crippen LogP contribution >= 0.6 is 0 Å². The summed E-state index contributed by atoms with van der Waals surface area (Å²) >= 11 is 0. The van der Waals surface area contributed by atoms with Crippen LogP contribution in [0.25, 0.3) is 11.1 Å². The summed E-state index contributed by atoms with van der Waals surface area (Å²) in [5.74, 6) is 0.788. The summed E-state index contributed by atoms with van der Waals surface area (Å²) in [6, 6.07) is 16.2. The molecule has 0 spiro atoms. The molecule has 0 aliphatic carbocycles. The van der Waals surface area contributed by atoms with Crippen LogP contribution in [0.3, 0.4) is 0 Å². The maximum absolute atomic E-state index is 13.6. The van der Waals surface area contributed by atoms with Crippen LogP contribution in [0.15, 0.2) is 65.2 Å². The molecule has 0 bridgehead atoms. The Kier molecular flexibility index (Phi) is 4.14. The molecule has 2 aromatic carbocycles. The quantitative estimate of drug-likeness (QED) is 0.678. The second kappa shape index (κ2) is 6.71. The molecule has 2 aliphatic heterocycles. The third-order valence-electron chi connectivity index (χ3n) is 6.03. The minimum absolute atomic E-state index is 0.00455. The summed E-state index contributed by atoms with van der Waals surface area (Å²) in [5.41, 5.74) is 4.85. The summed E-state index contributed by atoms with van der Waals surface area (Å²) in [4.78, 5) is 15.9. The Morgan fingerprint density at radius 1 is 1.10 bits per heavy atom. The van der Waals surface area contributed by atoms with Crippen LogP contribution in [0, 0.1) is 13.8 Å². The molecule has 2 aliphatic rings. The van der Waals surface area contributed by atoms with Crippen LogP contribution in [-0.4, -0.2) is 29.1 Å². The smallest absolute Gasteiger partial charge is 0.254 e. The fraction of sp³-hybridized carbons (Fsp3) is 0.250. The molecule has 1 aromatic heterocycles. The normalized spacial score (nSPS) is 21.2. The predicted molar refractivity (Wildman–Crippen MR) is 113 cm³/mol. The van der Waals surface area contributed by atoms with Crippen molar-refractivity contribution in [2.24, 2.45) is 0 Å². The molecule has 0 fully saturated rings. The van der Waals surface area contributed by atoms with E-state index in [1.807, 2.05) is 44.2 Å². The molecular weight excluding hydrogens is 362 g/mol. The number of nitrogens with zero attached hydrogens (tertiary/aromatic N) is 2. The topological polar surface area (TPSA) is 58.4 Å². The van der Waals surface area contributed by atoms with Crippen molar-refractivity contribution in [2.75, 3.05) is 18.4 Å². The number of carbonyl (C=O) groups excluding carboxylic acids is 1. The molecule has 1 amide bonds. The molecule has 1 atom stereocenters. The number of hydrogen-bond donors (Lipinski definition) is 1. The molecule has 0 saturated carbocycles. The number of nitrogens with one attached hydrogen (secondary N) is 1. The highest BCUT2D eigenvalue weighted by Gasteiger charge is 2.52. The van der Waals surface area contributed by atoms with E-state index in [0.717, 1.165) is 58.9 Å². The summed E-state index contributed by atoms with van der Waals surface area (Å²) in [5, 5.41) is 7.25. The van der Waals surface area contributed by atoms with Gasteiger partial charge in [-0.3, -0.25) is 9.69 Å². The van der Waals surface area contributed by atoms with Crippen molar-refractivity contribution in [2.45, 2.75) is 25.8 Å². The van der Waals surface area contributed by atoms with Gasteiger partial charge in [-0.05, 0) is 43.5 Å². The highest BCUT2D eigenvalue weighted by Crippen LogP contribution is 2.47. The first-order valence-corrected chi connectivity index (χ1v) is 9.97. The van der Waals surface area contributed by atoms with Gasteiger partial charge in [-0.2, -0.15) is 0 Å². The van der Waals surface area contributed by atoms with Gasteiger partial charge in [0.2, 0.25) is 0 Å². The average Bonchev–Trinajstić information content (AvgIpc) is 3.24. The van der Waals surface area contributed by atoms with E-state index in [1.54, 1.807) is 0 Å². The first-order valence-electron chi connectivity index (χ1n) is 9.97. The Morgan fingerprint density at radius 2 is 1.93 bits per heavy atom. The zero-order valence-corrected chi connectivity index (χ0v) is 16.6. The van der Waals surface area contributed by atoms with Gasteiger partial charge in [0.25, 0.3) is 5.91 Å². The zero-order valence-electron chi connectivity index (χ0n) is 16.6. The standard InChI is InChI=1S/C24H23N3O2/c1-16-22(17(2)29-26-16)18-11-12-21-20(15-18)24(23(28)25-21,19-9-5-3-6-10-19)27-13-7-4-8-14-27/h3-7,9-12,15H,8,13-14H2,1-2H3,(H,25,28). The summed E-state index contributed by atoms with van der Waals surface area (Å²) in [7, 11) is 0. The van der Waals surface area contributed by atoms with Gasteiger partial charge >= 0.3 is 0 Å². The highest BCUT2D eigenvalue weighted by molar-refractivity contribution is 6.09. The van der Waals surface area contributed by atoms with Crippen molar-refractivity contribution in [3.05, 3.63) is 83.3 Å². The fourth-order valence-electron chi connectivity index (χ4n) is 4.75. The first-order chi connectivity index (χ1) is 14.1. The molecule has 1 N–H and O–H groups in total. The van der Waals surface area contributed by atoms with E-state index in [2.05, 4.69) is 45.7 Å². The highest BCUT2D eigenvalue weighted by atomic mass is 16.5. The second-order valence-electron chi connectivity index (χ2n) is 7.70. The molecule has 3 aromatic rings. The molecule has 0 saturated heterocycles. The van der Waals surface area contributed by atoms with Crippen molar-refractivity contribution in [3.8, 4) is 11.1 Å². The maximum atomic E-state index is 13.6. The number of hydrogen-bond acceptors (Lipinski definition) is 4. The average molecular weight is 385 g/mol. The van der Waals surface area contributed by atoms with Crippen LogP contribution in [0.2, 0.25) is 0 Å². The van der Waals surface area contributed by atoms with Gasteiger partial charge in [-0.1, -0.05) is 53.7 Å². The van der Waals surface area contributed by atoms with Gasteiger partial charge in [-0.25, -0.2) is 0 Å². The Morgan fingerprint density at radius 3 is 2.62 bits per heavy atom. The van der Waals surface area contributed by atoms with E-state index in [9.17, 15) is 4.79 Å². The van der Waals surface area contributed by atoms with E-state index in [1.165, 1.54) is 0 Å². The Balaban J connectivity index is 1.76. The summed E-state index contributed by atoms with van der Waals surface area (Å²) in [6.07, 6.45) is 5.27. The lowest BCUT2D eigenvalue weighted by Gasteiger charge is -2.41. The number of carbonyl (C=O) groups is 1. The van der Waals surface area contributed by atoms with Crippen LogP contribution in [0.5, 0.6) is 0 Å². The van der Waals surface area contributed by atoms with E-state index < -0.39 is 5.54 Å². The molecule has 5 nitrogen and oxygen atoms in total. The number of aromatic nitrogens is 1. The predicted octanol–water partition coefficient (Wildman–Crippen LogP) is 4.42. The van der Waals surface area contributed by atoms with Crippen molar-refractivity contribution < 1.29 is 9.32 Å². The Bertz CT molecular complexity index is 1100. The van der Waals surface area contributed by atoms with E-state index in [4.69, 9.17) is 4.52 Å². The number of anilines is 1. The van der Waals surface area contributed by atoms with Crippen LogP contribution in [-0.2, 0) is 10.3 Å². The largest absolute Gasteiger partial charge is 0.361 e. The molecule has 0 radical (unpaired) electrons. The monoisotopic (exact) mass is 385 g/mol. The van der Waals surface area contributed by atoms with Crippen LogP contribution in [0.1, 0.15) is 29.0 Å². The van der Waals surface area contributed by atoms with Crippen molar-refractivity contribution in [1.82, 2.24) is 10.1 Å². The number of aryl methyl sites for hydroxylation is 2. The van der Waals surface area contributed by atoms with Gasteiger partial charge in [0.05, 0.1) is 5.69 Å². The minimum atomic E-state index is -0.851. The number of benzene rings is 2. The van der Waals surface area contributed by atoms with E-state index in [0.29, 0.717) is 0 Å². The molecular formula is C24H23N3O2. The van der Waals surface area contributed by atoms with Gasteiger partial charge < -0.3 is 9.84 Å². The molecule has 146 valence electrons. The van der Waals surface area contributed by atoms with Gasteiger partial charge in [0.15, 0.2) is 5.54 Å². The number of amides is 1. The van der Waals surface area contributed by atoms with Crippen molar-refractivity contribution >= 4 is 11.6 Å². The van der Waals surface area contributed by atoms with Gasteiger partial charge in [-0.15, -0.1) is 0 Å². The molecule has 3 heterocycles. The van der Waals surface area contributed by atoms with E-state index in [-0.39, 0.29) is 5.91 Å². The number of fused-ring (bicyclic) bond motifs is 1. The fourth-order valence-corrected chi connectivity index (χ4v) is 4.75. The molecule has 29 heavy (non-hydrogen) atoms. The second-order valence-corrected chi connectivity index (χ2v) is 7.70. The Labute approximate surface area is 170 Å². The Hall–Kier alpha value is -3.18. The molecule has 5 rings (SSSR count). The minimum Gasteiger partial charge on any atom is -0.361 e.